The summed E-state index contributed by atoms with van der Waals surface area (Å²) in [6.07, 6.45) is 0. The molecule has 1 atom stereocenters. The standard InChI is InChI=1S/C22H16N4O/c1-13-10-11-17-15(12-13)22(21(27)24-17)25-16-7-3-2-6-14(16)20-23-18-8-4-5-9-19(18)26(20)22/h2-12,25H,1H3,(H,24,27). The van der Waals surface area contributed by atoms with Crippen molar-refractivity contribution in [3.05, 3.63) is 77.9 Å². The van der Waals surface area contributed by atoms with Gasteiger partial charge in [0, 0.05) is 22.5 Å². The van der Waals surface area contributed by atoms with Crippen LogP contribution < -0.4 is 10.6 Å². The van der Waals surface area contributed by atoms with Gasteiger partial charge in [0.25, 0.3) is 5.91 Å². The summed E-state index contributed by atoms with van der Waals surface area (Å²) in [4.78, 5) is 18.3. The fourth-order valence-electron chi connectivity index (χ4n) is 4.33. The molecule has 5 nitrogen and oxygen atoms in total. The molecule has 3 aromatic carbocycles. The Hall–Kier alpha value is -3.60. The summed E-state index contributed by atoms with van der Waals surface area (Å²) in [5, 5.41) is 6.61. The second-order valence-electron chi connectivity index (χ2n) is 7.14. The van der Waals surface area contributed by atoms with Crippen LogP contribution >= 0.6 is 0 Å². The lowest BCUT2D eigenvalue weighted by atomic mass is 9.94. The Balaban J connectivity index is 1.80. The van der Waals surface area contributed by atoms with Crippen molar-refractivity contribution in [2.24, 2.45) is 0 Å². The van der Waals surface area contributed by atoms with Crippen LogP contribution in [0.5, 0.6) is 0 Å². The Kier molecular flexibility index (Phi) is 2.57. The summed E-state index contributed by atoms with van der Waals surface area (Å²) >= 11 is 0. The van der Waals surface area contributed by atoms with E-state index in [1.54, 1.807) is 0 Å². The molecule has 1 unspecified atom stereocenters. The predicted octanol–water partition coefficient (Wildman–Crippen LogP) is 4.09. The quantitative estimate of drug-likeness (QED) is 0.501. The third-order valence-electron chi connectivity index (χ3n) is 5.52. The highest BCUT2D eigenvalue weighted by atomic mass is 16.2. The number of aryl methyl sites for hydroxylation is 1. The van der Waals surface area contributed by atoms with Crippen LogP contribution in [0, 0.1) is 6.92 Å². The first-order chi connectivity index (χ1) is 13.2. The number of benzene rings is 3. The first kappa shape index (κ1) is 14.6. The molecular weight excluding hydrogens is 336 g/mol. The van der Waals surface area contributed by atoms with E-state index in [9.17, 15) is 4.79 Å². The zero-order valence-corrected chi connectivity index (χ0v) is 14.7. The van der Waals surface area contributed by atoms with Gasteiger partial charge in [0.15, 0.2) is 0 Å². The number of hydrogen-bond donors (Lipinski definition) is 2. The van der Waals surface area contributed by atoms with Crippen molar-refractivity contribution >= 4 is 28.3 Å². The lowest BCUT2D eigenvalue weighted by Gasteiger charge is -2.37. The Morgan fingerprint density at radius 2 is 1.78 bits per heavy atom. The summed E-state index contributed by atoms with van der Waals surface area (Å²) in [5.41, 5.74) is 5.52. The second kappa shape index (κ2) is 4.76. The second-order valence-corrected chi connectivity index (χ2v) is 7.14. The Morgan fingerprint density at radius 3 is 2.70 bits per heavy atom. The number of aromatic nitrogens is 2. The average Bonchev–Trinajstić information content (AvgIpc) is 3.20. The number of carbonyl (C=O) groups is 1. The molecule has 5 heteroatoms. The van der Waals surface area contributed by atoms with Gasteiger partial charge in [-0.15, -0.1) is 0 Å². The van der Waals surface area contributed by atoms with Gasteiger partial charge in [-0.3, -0.25) is 9.36 Å². The van der Waals surface area contributed by atoms with Crippen molar-refractivity contribution in [1.82, 2.24) is 9.55 Å². The number of hydrogen-bond acceptors (Lipinski definition) is 3. The molecule has 6 rings (SSSR count). The van der Waals surface area contributed by atoms with Gasteiger partial charge in [-0.2, -0.15) is 0 Å². The number of anilines is 2. The van der Waals surface area contributed by atoms with E-state index in [-0.39, 0.29) is 5.91 Å². The fourth-order valence-corrected chi connectivity index (χ4v) is 4.33. The van der Waals surface area contributed by atoms with Crippen LogP contribution in [0.4, 0.5) is 11.4 Å². The van der Waals surface area contributed by atoms with Gasteiger partial charge in [-0.1, -0.05) is 35.9 Å². The maximum absolute atomic E-state index is 13.4. The lowest BCUT2D eigenvalue weighted by molar-refractivity contribution is -0.120. The van der Waals surface area contributed by atoms with Gasteiger partial charge in [0.2, 0.25) is 5.66 Å². The van der Waals surface area contributed by atoms with E-state index < -0.39 is 5.66 Å². The SMILES string of the molecule is Cc1ccc2c(c1)C1(Nc3ccccc3-c3nc4ccccc4n31)C(=O)N2. The largest absolute Gasteiger partial charge is 0.350 e. The molecule has 1 spiro atoms. The van der Waals surface area contributed by atoms with Crippen molar-refractivity contribution in [2.45, 2.75) is 12.6 Å². The zero-order valence-electron chi connectivity index (χ0n) is 14.7. The van der Waals surface area contributed by atoms with Gasteiger partial charge < -0.3 is 10.6 Å². The van der Waals surface area contributed by atoms with E-state index in [0.717, 1.165) is 44.9 Å². The molecule has 0 saturated carbocycles. The molecule has 2 aliphatic rings. The van der Waals surface area contributed by atoms with Crippen molar-refractivity contribution in [2.75, 3.05) is 10.6 Å². The Labute approximate surface area is 155 Å². The lowest BCUT2D eigenvalue weighted by Crippen LogP contribution is -2.50. The predicted molar refractivity (Wildman–Crippen MR) is 106 cm³/mol. The molecule has 2 aliphatic heterocycles. The van der Waals surface area contributed by atoms with Gasteiger partial charge in [0.05, 0.1) is 11.0 Å². The first-order valence-corrected chi connectivity index (χ1v) is 8.96. The molecule has 4 aromatic rings. The molecule has 0 fully saturated rings. The van der Waals surface area contributed by atoms with Crippen molar-refractivity contribution in [3.8, 4) is 11.4 Å². The van der Waals surface area contributed by atoms with Crippen molar-refractivity contribution in [1.29, 1.82) is 0 Å². The molecule has 2 N–H and O–H groups in total. The molecule has 0 bridgehead atoms. The highest BCUT2D eigenvalue weighted by Crippen LogP contribution is 2.48. The number of rotatable bonds is 0. The molecule has 1 amide bonds. The zero-order chi connectivity index (χ0) is 18.2. The molecular formula is C22H16N4O. The smallest absolute Gasteiger partial charge is 0.276 e. The molecule has 0 aliphatic carbocycles. The van der Waals surface area contributed by atoms with Crippen molar-refractivity contribution < 1.29 is 4.79 Å². The molecule has 3 heterocycles. The topological polar surface area (TPSA) is 59.0 Å². The van der Waals surface area contributed by atoms with Gasteiger partial charge >= 0.3 is 0 Å². The number of fused-ring (bicyclic) bond motifs is 8. The van der Waals surface area contributed by atoms with Crippen LogP contribution in [0.25, 0.3) is 22.4 Å². The number of imidazole rings is 1. The van der Waals surface area contributed by atoms with Crippen LogP contribution in [0.15, 0.2) is 66.7 Å². The first-order valence-electron chi connectivity index (χ1n) is 8.96. The van der Waals surface area contributed by atoms with Crippen LogP contribution in [0.1, 0.15) is 11.1 Å². The highest BCUT2D eigenvalue weighted by Gasteiger charge is 2.53. The van der Waals surface area contributed by atoms with Gasteiger partial charge in [-0.25, -0.2) is 4.98 Å². The van der Waals surface area contributed by atoms with Crippen LogP contribution in [-0.2, 0) is 10.5 Å². The van der Waals surface area contributed by atoms with Crippen LogP contribution in [0.3, 0.4) is 0 Å². The van der Waals surface area contributed by atoms with E-state index in [2.05, 4.69) is 16.7 Å². The fraction of sp³-hybridized carbons (Fsp3) is 0.0909. The minimum atomic E-state index is -1.05. The van der Waals surface area contributed by atoms with Crippen LogP contribution in [0.2, 0.25) is 0 Å². The number of carbonyl (C=O) groups excluding carboxylic acids is 1. The summed E-state index contributed by atoms with van der Waals surface area (Å²) in [6.45, 7) is 2.04. The van der Waals surface area contributed by atoms with Gasteiger partial charge in [-0.05, 0) is 43.3 Å². The number of nitrogens with zero attached hydrogens (tertiary/aromatic N) is 2. The third-order valence-corrected chi connectivity index (χ3v) is 5.52. The van der Waals surface area contributed by atoms with E-state index in [1.165, 1.54) is 0 Å². The monoisotopic (exact) mass is 352 g/mol. The maximum atomic E-state index is 13.4. The molecule has 0 saturated heterocycles. The molecule has 27 heavy (non-hydrogen) atoms. The molecule has 1 aromatic heterocycles. The third kappa shape index (κ3) is 1.68. The van der Waals surface area contributed by atoms with E-state index in [0.29, 0.717) is 0 Å². The van der Waals surface area contributed by atoms with E-state index in [1.807, 2.05) is 72.2 Å². The average molecular weight is 352 g/mol. The Bertz CT molecular complexity index is 1270. The van der Waals surface area contributed by atoms with Gasteiger partial charge in [0.1, 0.15) is 5.82 Å². The summed E-state index contributed by atoms with van der Waals surface area (Å²) < 4.78 is 2.05. The number of nitrogens with one attached hydrogen (secondary N) is 2. The summed E-state index contributed by atoms with van der Waals surface area (Å²) in [7, 11) is 0. The maximum Gasteiger partial charge on any atom is 0.276 e. The number of amides is 1. The van der Waals surface area contributed by atoms with E-state index >= 15 is 0 Å². The minimum Gasteiger partial charge on any atom is -0.350 e. The molecule has 130 valence electrons. The highest BCUT2D eigenvalue weighted by molar-refractivity contribution is 6.10. The molecule has 0 radical (unpaired) electrons. The normalized spacial score (nSPS) is 19.4. The summed E-state index contributed by atoms with van der Waals surface area (Å²) in [6, 6.07) is 22.0. The van der Waals surface area contributed by atoms with Crippen molar-refractivity contribution in [3.63, 3.8) is 0 Å². The Morgan fingerprint density at radius 1 is 0.963 bits per heavy atom. The summed E-state index contributed by atoms with van der Waals surface area (Å²) in [5.74, 6) is 0.706. The number of para-hydroxylation sites is 3. The van der Waals surface area contributed by atoms with Crippen LogP contribution in [-0.4, -0.2) is 15.5 Å². The minimum absolute atomic E-state index is 0.0954. The van der Waals surface area contributed by atoms with E-state index in [4.69, 9.17) is 4.98 Å².